The first-order valence-corrected chi connectivity index (χ1v) is 5.90. The number of carbonyl (C=O) groups excluding carboxylic acids is 1. The monoisotopic (exact) mass is 255 g/mol. The molecule has 1 rings (SSSR count). The molecule has 0 bridgehead atoms. The Balaban J connectivity index is 2.59. The maximum Gasteiger partial charge on any atom is 0.408 e. The van der Waals surface area contributed by atoms with E-state index in [4.69, 9.17) is 4.74 Å². The Bertz CT molecular complexity index is 376. The standard InChI is InChI=1S/C12H17NO3S/c1-12(2,13-11(15)16-8-17)7-9-3-5-10(14)6-4-9/h3-6,14,17H,7-8H2,1-2H3,(H,13,15). The van der Waals surface area contributed by atoms with Gasteiger partial charge >= 0.3 is 6.09 Å². The molecule has 0 spiro atoms. The van der Waals surface area contributed by atoms with E-state index in [0.717, 1.165) is 5.56 Å². The van der Waals surface area contributed by atoms with Gasteiger partial charge in [0.25, 0.3) is 0 Å². The van der Waals surface area contributed by atoms with Crippen LogP contribution in [0.5, 0.6) is 5.75 Å². The fourth-order valence-corrected chi connectivity index (χ4v) is 1.66. The second kappa shape index (κ2) is 5.82. The summed E-state index contributed by atoms with van der Waals surface area (Å²) in [6.45, 7) is 3.80. The van der Waals surface area contributed by atoms with Gasteiger partial charge in [-0.05, 0) is 38.0 Å². The first-order chi connectivity index (χ1) is 7.93. The topological polar surface area (TPSA) is 58.6 Å². The van der Waals surface area contributed by atoms with Gasteiger partial charge in [-0.15, -0.1) is 12.6 Å². The van der Waals surface area contributed by atoms with E-state index in [9.17, 15) is 9.90 Å². The van der Waals surface area contributed by atoms with E-state index in [0.29, 0.717) is 6.42 Å². The number of rotatable bonds is 4. The number of aromatic hydroxyl groups is 1. The average Bonchev–Trinajstić information content (AvgIpc) is 2.20. The third-order valence-electron chi connectivity index (χ3n) is 2.22. The molecule has 0 atom stereocenters. The van der Waals surface area contributed by atoms with Gasteiger partial charge in [-0.25, -0.2) is 4.79 Å². The number of carbonyl (C=O) groups is 1. The van der Waals surface area contributed by atoms with Crippen molar-refractivity contribution in [2.45, 2.75) is 25.8 Å². The third-order valence-corrected chi connectivity index (χ3v) is 2.35. The van der Waals surface area contributed by atoms with Crippen LogP contribution in [-0.4, -0.2) is 22.7 Å². The van der Waals surface area contributed by atoms with Crippen LogP contribution in [0, 0.1) is 0 Å². The highest BCUT2D eigenvalue weighted by atomic mass is 32.1. The van der Waals surface area contributed by atoms with Crippen molar-refractivity contribution in [3.8, 4) is 5.75 Å². The third kappa shape index (κ3) is 4.99. The minimum Gasteiger partial charge on any atom is -0.508 e. The molecule has 1 amide bonds. The van der Waals surface area contributed by atoms with Crippen LogP contribution in [0.4, 0.5) is 4.79 Å². The van der Waals surface area contributed by atoms with Crippen LogP contribution in [-0.2, 0) is 11.2 Å². The molecule has 94 valence electrons. The number of benzene rings is 1. The molecule has 0 aliphatic carbocycles. The second-order valence-electron chi connectivity index (χ2n) is 4.41. The summed E-state index contributed by atoms with van der Waals surface area (Å²) >= 11 is 3.81. The highest BCUT2D eigenvalue weighted by Crippen LogP contribution is 2.16. The van der Waals surface area contributed by atoms with Crippen molar-refractivity contribution in [2.24, 2.45) is 0 Å². The van der Waals surface area contributed by atoms with Crippen LogP contribution >= 0.6 is 12.6 Å². The molecular weight excluding hydrogens is 238 g/mol. The highest BCUT2D eigenvalue weighted by Gasteiger charge is 2.21. The normalized spacial score (nSPS) is 11.0. The van der Waals surface area contributed by atoms with Crippen molar-refractivity contribution in [1.29, 1.82) is 0 Å². The van der Waals surface area contributed by atoms with Gasteiger partial charge in [-0.2, -0.15) is 0 Å². The predicted octanol–water partition coefficient (Wildman–Crippen LogP) is 2.33. The summed E-state index contributed by atoms with van der Waals surface area (Å²) in [6, 6.07) is 6.89. The van der Waals surface area contributed by atoms with Gasteiger partial charge in [-0.1, -0.05) is 12.1 Å². The van der Waals surface area contributed by atoms with Gasteiger partial charge in [0.05, 0.1) is 0 Å². The van der Waals surface area contributed by atoms with Gasteiger partial charge in [0.2, 0.25) is 0 Å². The minimum atomic E-state index is -0.483. The maximum atomic E-state index is 11.3. The van der Waals surface area contributed by atoms with Crippen molar-refractivity contribution < 1.29 is 14.6 Å². The number of nitrogens with one attached hydrogen (secondary N) is 1. The molecule has 0 aliphatic heterocycles. The fourth-order valence-electron chi connectivity index (χ4n) is 1.54. The molecule has 17 heavy (non-hydrogen) atoms. The van der Waals surface area contributed by atoms with Crippen LogP contribution in [0.2, 0.25) is 0 Å². The van der Waals surface area contributed by atoms with E-state index >= 15 is 0 Å². The van der Waals surface area contributed by atoms with Gasteiger partial charge in [-0.3, -0.25) is 0 Å². The number of amides is 1. The molecular formula is C12H17NO3S. The van der Waals surface area contributed by atoms with E-state index in [2.05, 4.69) is 17.9 Å². The van der Waals surface area contributed by atoms with Crippen molar-refractivity contribution in [2.75, 3.05) is 5.94 Å². The zero-order chi connectivity index (χ0) is 12.9. The lowest BCUT2D eigenvalue weighted by atomic mass is 9.95. The average molecular weight is 255 g/mol. The SMILES string of the molecule is CC(C)(Cc1ccc(O)cc1)NC(=O)OCS. The summed E-state index contributed by atoms with van der Waals surface area (Å²) in [5.41, 5.74) is 0.607. The summed E-state index contributed by atoms with van der Waals surface area (Å²) in [7, 11) is 0. The Hall–Kier alpha value is -1.36. The first kappa shape index (κ1) is 13.7. The van der Waals surface area contributed by atoms with Gasteiger partial charge < -0.3 is 15.2 Å². The Labute approximate surface area is 106 Å². The lowest BCUT2D eigenvalue weighted by Crippen LogP contribution is -2.45. The molecule has 4 nitrogen and oxygen atoms in total. The van der Waals surface area contributed by atoms with Gasteiger partial charge in [0, 0.05) is 5.54 Å². The quantitative estimate of drug-likeness (QED) is 0.571. The molecule has 0 radical (unpaired) electrons. The van der Waals surface area contributed by atoms with E-state index < -0.39 is 11.6 Å². The zero-order valence-corrected chi connectivity index (χ0v) is 10.8. The Kier molecular flexibility index (Phi) is 4.69. The van der Waals surface area contributed by atoms with E-state index in [1.165, 1.54) is 0 Å². The number of phenolic OH excluding ortho intramolecular Hbond substituents is 1. The summed E-state index contributed by atoms with van der Waals surface area (Å²) in [6.07, 6.45) is 0.165. The van der Waals surface area contributed by atoms with Crippen LogP contribution in [0.1, 0.15) is 19.4 Å². The molecule has 0 heterocycles. The molecule has 0 saturated heterocycles. The van der Waals surface area contributed by atoms with Crippen LogP contribution in [0.3, 0.4) is 0 Å². The molecule has 1 aromatic rings. The number of thiol groups is 1. The molecule has 0 unspecified atom stereocenters. The summed E-state index contributed by atoms with van der Waals surface area (Å²) < 4.78 is 4.71. The lowest BCUT2D eigenvalue weighted by molar-refractivity contribution is 0.155. The summed E-state index contributed by atoms with van der Waals surface area (Å²) in [5, 5.41) is 11.9. The lowest BCUT2D eigenvalue weighted by Gasteiger charge is -2.25. The van der Waals surface area contributed by atoms with Crippen LogP contribution < -0.4 is 5.32 Å². The maximum absolute atomic E-state index is 11.3. The number of hydrogen-bond donors (Lipinski definition) is 3. The number of phenols is 1. The van der Waals surface area contributed by atoms with E-state index in [1.54, 1.807) is 12.1 Å². The Morgan fingerprint density at radius 1 is 1.41 bits per heavy atom. The van der Waals surface area contributed by atoms with Crippen molar-refractivity contribution in [1.82, 2.24) is 5.32 Å². The van der Waals surface area contributed by atoms with Gasteiger partial charge in [0.15, 0.2) is 0 Å². The Morgan fingerprint density at radius 3 is 2.53 bits per heavy atom. The summed E-state index contributed by atoms with van der Waals surface area (Å²) in [4.78, 5) is 11.3. The molecule has 0 saturated carbocycles. The number of ether oxygens (including phenoxy) is 1. The zero-order valence-electron chi connectivity index (χ0n) is 9.93. The molecule has 5 heteroatoms. The van der Waals surface area contributed by atoms with Crippen LogP contribution in [0.25, 0.3) is 0 Å². The van der Waals surface area contributed by atoms with Crippen molar-refractivity contribution in [3.63, 3.8) is 0 Å². The smallest absolute Gasteiger partial charge is 0.408 e. The summed E-state index contributed by atoms with van der Waals surface area (Å²) in [5.74, 6) is 0.287. The molecule has 1 aromatic carbocycles. The largest absolute Gasteiger partial charge is 0.508 e. The van der Waals surface area contributed by atoms with Crippen molar-refractivity contribution >= 4 is 18.7 Å². The van der Waals surface area contributed by atoms with Gasteiger partial charge in [0.1, 0.15) is 11.7 Å². The molecule has 0 aliphatic rings. The molecule has 0 aromatic heterocycles. The number of hydrogen-bond acceptors (Lipinski definition) is 4. The predicted molar refractivity (Wildman–Crippen MR) is 69.4 cm³/mol. The van der Waals surface area contributed by atoms with Crippen LogP contribution in [0.15, 0.2) is 24.3 Å². The highest BCUT2D eigenvalue weighted by molar-refractivity contribution is 7.80. The number of alkyl carbamates (subject to hydrolysis) is 1. The minimum absolute atomic E-state index is 0.0567. The second-order valence-corrected chi connectivity index (χ2v) is 4.67. The molecule has 2 N–H and O–H groups in total. The van der Waals surface area contributed by atoms with E-state index in [-0.39, 0.29) is 11.7 Å². The van der Waals surface area contributed by atoms with E-state index in [1.807, 2.05) is 26.0 Å². The van der Waals surface area contributed by atoms with Crippen molar-refractivity contribution in [3.05, 3.63) is 29.8 Å². The Morgan fingerprint density at radius 2 is 2.00 bits per heavy atom. The first-order valence-electron chi connectivity index (χ1n) is 5.27. The fraction of sp³-hybridized carbons (Fsp3) is 0.417. The molecule has 0 fully saturated rings.